The van der Waals surface area contributed by atoms with Crippen molar-refractivity contribution in [2.75, 3.05) is 5.73 Å². The fraction of sp³-hybridized carbons (Fsp3) is 0. The van der Waals surface area contributed by atoms with Gasteiger partial charge in [-0.1, -0.05) is 11.6 Å². The molecule has 0 aliphatic carbocycles. The first kappa shape index (κ1) is 10.4. The van der Waals surface area contributed by atoms with Gasteiger partial charge in [-0.05, 0) is 6.07 Å². The van der Waals surface area contributed by atoms with E-state index in [1.54, 1.807) is 0 Å². The lowest BCUT2D eigenvalue weighted by atomic mass is 10.1. The SMILES string of the molecule is Nc1ncc(-c2cc([N+](=O)[O-])ccc2Cl)[nH]1. The van der Waals surface area contributed by atoms with E-state index in [0.717, 1.165) is 0 Å². The molecule has 82 valence electrons. The molecule has 3 N–H and O–H groups in total. The van der Waals surface area contributed by atoms with Gasteiger partial charge >= 0.3 is 0 Å². The van der Waals surface area contributed by atoms with Crippen molar-refractivity contribution in [1.82, 2.24) is 9.97 Å². The van der Waals surface area contributed by atoms with Crippen LogP contribution < -0.4 is 5.73 Å². The van der Waals surface area contributed by atoms with E-state index in [1.165, 1.54) is 24.4 Å². The summed E-state index contributed by atoms with van der Waals surface area (Å²) < 4.78 is 0. The molecule has 7 heteroatoms. The summed E-state index contributed by atoms with van der Waals surface area (Å²) in [5.74, 6) is 0.234. The molecule has 0 saturated heterocycles. The lowest BCUT2D eigenvalue weighted by Crippen LogP contribution is -1.90. The number of rotatable bonds is 2. The first-order chi connectivity index (χ1) is 7.58. The van der Waals surface area contributed by atoms with Gasteiger partial charge in [0.1, 0.15) is 0 Å². The van der Waals surface area contributed by atoms with E-state index in [4.69, 9.17) is 17.3 Å². The minimum atomic E-state index is -0.487. The topological polar surface area (TPSA) is 97.8 Å². The molecule has 0 aliphatic heterocycles. The zero-order chi connectivity index (χ0) is 11.7. The number of aromatic amines is 1. The molecule has 0 aliphatic rings. The van der Waals surface area contributed by atoms with Crippen LogP contribution in [0.2, 0.25) is 5.02 Å². The van der Waals surface area contributed by atoms with Crippen LogP contribution in [0, 0.1) is 10.1 Å². The molecule has 0 bridgehead atoms. The Labute approximate surface area is 95.2 Å². The number of nitro groups is 1. The van der Waals surface area contributed by atoms with Crippen molar-refractivity contribution in [3.8, 4) is 11.3 Å². The van der Waals surface area contributed by atoms with Gasteiger partial charge in [-0.25, -0.2) is 4.98 Å². The Kier molecular flexibility index (Phi) is 2.49. The molecule has 2 aromatic rings. The van der Waals surface area contributed by atoms with Crippen molar-refractivity contribution in [2.24, 2.45) is 0 Å². The summed E-state index contributed by atoms with van der Waals surface area (Å²) in [6, 6.07) is 4.17. The van der Waals surface area contributed by atoms with Crippen LogP contribution in [0.1, 0.15) is 0 Å². The van der Waals surface area contributed by atoms with Crippen LogP contribution in [0.5, 0.6) is 0 Å². The number of imidazole rings is 1. The third kappa shape index (κ3) is 1.82. The van der Waals surface area contributed by atoms with Crippen LogP contribution in [0.25, 0.3) is 11.3 Å². The Morgan fingerprint density at radius 2 is 2.25 bits per heavy atom. The number of nitrogens with two attached hydrogens (primary N) is 1. The molecule has 1 aromatic carbocycles. The molecule has 1 heterocycles. The van der Waals surface area contributed by atoms with E-state index in [2.05, 4.69) is 9.97 Å². The summed E-state index contributed by atoms with van der Waals surface area (Å²) >= 11 is 5.93. The van der Waals surface area contributed by atoms with Crippen LogP contribution in [0.4, 0.5) is 11.6 Å². The van der Waals surface area contributed by atoms with Crippen LogP contribution in [-0.4, -0.2) is 14.9 Å². The van der Waals surface area contributed by atoms with Gasteiger partial charge in [-0.3, -0.25) is 10.1 Å². The lowest BCUT2D eigenvalue weighted by Gasteiger charge is -2.00. The van der Waals surface area contributed by atoms with E-state index in [0.29, 0.717) is 16.3 Å². The van der Waals surface area contributed by atoms with Gasteiger partial charge in [0.2, 0.25) is 0 Å². The second kappa shape index (κ2) is 3.82. The van der Waals surface area contributed by atoms with E-state index in [9.17, 15) is 10.1 Å². The third-order valence-corrected chi connectivity index (χ3v) is 2.38. The van der Waals surface area contributed by atoms with E-state index in [1.807, 2.05) is 0 Å². The predicted molar refractivity (Wildman–Crippen MR) is 60.1 cm³/mol. The number of aromatic nitrogens is 2. The fourth-order valence-electron chi connectivity index (χ4n) is 1.31. The number of non-ortho nitro benzene ring substituents is 1. The molecular weight excluding hydrogens is 232 g/mol. The van der Waals surface area contributed by atoms with Gasteiger partial charge in [-0.2, -0.15) is 0 Å². The second-order valence-corrected chi connectivity index (χ2v) is 3.51. The molecule has 16 heavy (non-hydrogen) atoms. The molecule has 2 rings (SSSR count). The number of hydrogen-bond acceptors (Lipinski definition) is 4. The zero-order valence-corrected chi connectivity index (χ0v) is 8.73. The van der Waals surface area contributed by atoms with Gasteiger partial charge in [0.15, 0.2) is 5.95 Å². The Morgan fingerprint density at radius 3 is 2.81 bits per heavy atom. The lowest BCUT2D eigenvalue weighted by molar-refractivity contribution is -0.384. The molecule has 0 radical (unpaired) electrons. The minimum absolute atomic E-state index is 0.0347. The number of anilines is 1. The number of benzene rings is 1. The molecule has 6 nitrogen and oxygen atoms in total. The predicted octanol–water partition coefficient (Wildman–Crippen LogP) is 2.22. The minimum Gasteiger partial charge on any atom is -0.369 e. The van der Waals surface area contributed by atoms with Crippen molar-refractivity contribution in [3.63, 3.8) is 0 Å². The third-order valence-electron chi connectivity index (χ3n) is 2.05. The number of nitrogens with one attached hydrogen (secondary N) is 1. The molecule has 1 aromatic heterocycles. The number of nitrogen functional groups attached to an aromatic ring is 1. The van der Waals surface area contributed by atoms with Gasteiger partial charge in [-0.15, -0.1) is 0 Å². The maximum absolute atomic E-state index is 10.6. The Balaban J connectivity index is 2.55. The van der Waals surface area contributed by atoms with Crippen LogP contribution in [0.3, 0.4) is 0 Å². The highest BCUT2D eigenvalue weighted by atomic mass is 35.5. The van der Waals surface area contributed by atoms with Crippen LogP contribution in [-0.2, 0) is 0 Å². The standard InChI is InChI=1S/C9H7ClN4O2/c10-7-2-1-5(14(15)16)3-6(7)8-4-12-9(11)13-8/h1-4H,(H3,11,12,13). The monoisotopic (exact) mass is 238 g/mol. The van der Waals surface area contributed by atoms with Crippen LogP contribution >= 0.6 is 11.6 Å². The highest BCUT2D eigenvalue weighted by Crippen LogP contribution is 2.30. The molecule has 0 fully saturated rings. The van der Waals surface area contributed by atoms with Crippen molar-refractivity contribution >= 4 is 23.2 Å². The smallest absolute Gasteiger partial charge is 0.270 e. The molecular formula is C9H7ClN4O2. The maximum atomic E-state index is 10.6. The number of nitro benzene ring substituents is 1. The van der Waals surface area contributed by atoms with Crippen molar-refractivity contribution in [1.29, 1.82) is 0 Å². The summed E-state index contributed by atoms with van der Waals surface area (Å²) in [5, 5.41) is 11.0. The Hall–Kier alpha value is -2.08. The summed E-state index contributed by atoms with van der Waals surface area (Å²) in [7, 11) is 0. The van der Waals surface area contributed by atoms with E-state index < -0.39 is 4.92 Å². The number of H-pyrrole nitrogens is 1. The summed E-state index contributed by atoms with van der Waals surface area (Å²) in [6.07, 6.45) is 1.47. The van der Waals surface area contributed by atoms with Crippen molar-refractivity contribution < 1.29 is 4.92 Å². The zero-order valence-electron chi connectivity index (χ0n) is 7.98. The fourth-order valence-corrected chi connectivity index (χ4v) is 1.53. The molecule has 0 saturated carbocycles. The van der Waals surface area contributed by atoms with E-state index in [-0.39, 0.29) is 11.6 Å². The number of hydrogen-bond donors (Lipinski definition) is 2. The number of nitrogens with zero attached hydrogens (tertiary/aromatic N) is 2. The van der Waals surface area contributed by atoms with Gasteiger partial charge in [0, 0.05) is 17.7 Å². The quantitative estimate of drug-likeness (QED) is 0.619. The van der Waals surface area contributed by atoms with Crippen molar-refractivity contribution in [2.45, 2.75) is 0 Å². The summed E-state index contributed by atoms with van der Waals surface area (Å²) in [4.78, 5) is 16.7. The molecule has 0 atom stereocenters. The van der Waals surface area contributed by atoms with Crippen LogP contribution in [0.15, 0.2) is 24.4 Å². The highest BCUT2D eigenvalue weighted by Gasteiger charge is 2.12. The average molecular weight is 239 g/mol. The van der Waals surface area contributed by atoms with Crippen molar-refractivity contribution in [3.05, 3.63) is 39.5 Å². The molecule has 0 amide bonds. The largest absolute Gasteiger partial charge is 0.369 e. The first-order valence-corrected chi connectivity index (χ1v) is 4.70. The Morgan fingerprint density at radius 1 is 1.50 bits per heavy atom. The van der Waals surface area contributed by atoms with Gasteiger partial charge < -0.3 is 10.7 Å². The molecule has 0 unspecified atom stereocenters. The maximum Gasteiger partial charge on any atom is 0.270 e. The van der Waals surface area contributed by atoms with Gasteiger partial charge in [0.25, 0.3) is 5.69 Å². The first-order valence-electron chi connectivity index (χ1n) is 4.32. The number of halogens is 1. The highest BCUT2D eigenvalue weighted by molar-refractivity contribution is 6.33. The molecule has 0 spiro atoms. The summed E-state index contributed by atoms with van der Waals surface area (Å²) in [5.41, 5.74) is 6.43. The normalized spacial score (nSPS) is 10.3. The van der Waals surface area contributed by atoms with E-state index >= 15 is 0 Å². The Bertz CT molecular complexity index is 552. The average Bonchev–Trinajstić information content (AvgIpc) is 2.65. The van der Waals surface area contributed by atoms with Gasteiger partial charge in [0.05, 0.1) is 21.8 Å². The summed E-state index contributed by atoms with van der Waals surface area (Å²) in [6.45, 7) is 0. The second-order valence-electron chi connectivity index (χ2n) is 3.10.